The second-order valence-electron chi connectivity index (χ2n) is 7.77. The van der Waals surface area contributed by atoms with Gasteiger partial charge in [-0.25, -0.2) is 4.79 Å². The van der Waals surface area contributed by atoms with Gasteiger partial charge in [0.2, 0.25) is 0 Å². The molecule has 0 heterocycles. The summed E-state index contributed by atoms with van der Waals surface area (Å²) in [5.41, 5.74) is 2.91. The molecule has 8 heteroatoms. The Morgan fingerprint density at radius 1 is 0.938 bits per heavy atom. The lowest BCUT2D eigenvalue weighted by Crippen LogP contribution is -2.46. The van der Waals surface area contributed by atoms with Crippen LogP contribution in [0.2, 0.25) is 0 Å². The summed E-state index contributed by atoms with van der Waals surface area (Å²) in [6, 6.07) is 9.40. The van der Waals surface area contributed by atoms with Crippen LogP contribution in [0.25, 0.3) is 0 Å². The highest BCUT2D eigenvalue weighted by Gasteiger charge is 2.27. The van der Waals surface area contributed by atoms with Gasteiger partial charge in [0, 0.05) is 17.3 Å². The first-order valence-corrected chi connectivity index (χ1v) is 10.2. The van der Waals surface area contributed by atoms with Gasteiger partial charge in [-0.15, -0.1) is 0 Å². The highest BCUT2D eigenvalue weighted by Crippen LogP contribution is 2.23. The number of methoxy groups -OCH3 is 2. The minimum atomic E-state index is -0.936. The lowest BCUT2D eigenvalue weighted by Gasteiger charge is -2.21. The van der Waals surface area contributed by atoms with Crippen molar-refractivity contribution in [3.63, 3.8) is 0 Å². The van der Waals surface area contributed by atoms with Crippen LogP contribution in [0.1, 0.15) is 35.3 Å². The number of nitrogens with one attached hydrogen (secondary N) is 2. The highest BCUT2D eigenvalue weighted by molar-refractivity contribution is 5.98. The fourth-order valence-electron chi connectivity index (χ4n) is 3.03. The molecular formula is C24H30N2O6. The number of hydrogen-bond donors (Lipinski definition) is 2. The van der Waals surface area contributed by atoms with E-state index in [4.69, 9.17) is 14.2 Å². The molecule has 2 aromatic carbocycles. The zero-order valence-electron chi connectivity index (χ0n) is 19.3. The summed E-state index contributed by atoms with van der Waals surface area (Å²) < 4.78 is 15.5. The number of carbonyl (C=O) groups is 3. The van der Waals surface area contributed by atoms with Gasteiger partial charge < -0.3 is 24.8 Å². The molecule has 0 aliphatic heterocycles. The van der Waals surface area contributed by atoms with Crippen molar-refractivity contribution < 1.29 is 28.6 Å². The molecule has 1 atom stereocenters. The Labute approximate surface area is 188 Å². The van der Waals surface area contributed by atoms with E-state index >= 15 is 0 Å². The van der Waals surface area contributed by atoms with Crippen LogP contribution >= 0.6 is 0 Å². The molecule has 2 rings (SSSR count). The Morgan fingerprint density at radius 2 is 1.56 bits per heavy atom. The number of amides is 2. The fraction of sp³-hybridized carbons (Fsp3) is 0.375. The Balaban J connectivity index is 2.01. The Morgan fingerprint density at radius 3 is 2.09 bits per heavy atom. The normalized spacial score (nSPS) is 11.5. The third-order valence-corrected chi connectivity index (χ3v) is 4.82. The molecule has 0 bridgehead atoms. The van der Waals surface area contributed by atoms with Crippen LogP contribution in [0.15, 0.2) is 36.4 Å². The molecule has 0 radical (unpaired) electrons. The van der Waals surface area contributed by atoms with Crippen LogP contribution in [0.3, 0.4) is 0 Å². The molecule has 2 N–H and O–H groups in total. The first-order valence-electron chi connectivity index (χ1n) is 10.2. The number of benzene rings is 2. The Kier molecular flexibility index (Phi) is 8.63. The minimum absolute atomic E-state index is 0.263. The fourth-order valence-corrected chi connectivity index (χ4v) is 3.03. The predicted octanol–water partition coefficient (Wildman–Crippen LogP) is 3.26. The van der Waals surface area contributed by atoms with E-state index in [1.807, 2.05) is 26.0 Å². The summed E-state index contributed by atoms with van der Waals surface area (Å²) in [6.07, 6.45) is 0. The maximum atomic E-state index is 12.7. The van der Waals surface area contributed by atoms with Gasteiger partial charge in [-0.2, -0.15) is 0 Å². The number of esters is 1. The van der Waals surface area contributed by atoms with Gasteiger partial charge in [-0.05, 0) is 43.5 Å². The van der Waals surface area contributed by atoms with Gasteiger partial charge >= 0.3 is 5.97 Å². The zero-order chi connectivity index (χ0) is 23.8. The standard InChI is InChI=1S/C24H30N2O6/c1-14(2)22(26-23(28)17-10-18(30-5)12-19(11-17)31-6)24(29)32-13-21(27)25-20-8-7-15(3)9-16(20)4/h7-12,14,22H,13H2,1-6H3,(H,25,27)(H,26,28)/t22-/m1/s1. The average Bonchev–Trinajstić information content (AvgIpc) is 2.76. The molecule has 0 fully saturated rings. The van der Waals surface area contributed by atoms with Crippen molar-refractivity contribution in [3.8, 4) is 11.5 Å². The van der Waals surface area contributed by atoms with Gasteiger partial charge in [0.05, 0.1) is 14.2 Å². The first-order chi connectivity index (χ1) is 15.1. The summed E-state index contributed by atoms with van der Waals surface area (Å²) in [5.74, 6) is -1.02. The average molecular weight is 443 g/mol. The number of carbonyl (C=O) groups excluding carboxylic acids is 3. The van der Waals surface area contributed by atoms with Gasteiger partial charge in [-0.3, -0.25) is 9.59 Å². The van der Waals surface area contributed by atoms with Crippen LogP contribution in [0.5, 0.6) is 11.5 Å². The smallest absolute Gasteiger partial charge is 0.329 e. The largest absolute Gasteiger partial charge is 0.497 e. The molecule has 0 spiro atoms. The molecule has 0 aliphatic rings. The van der Waals surface area contributed by atoms with Crippen LogP contribution in [0.4, 0.5) is 5.69 Å². The van der Waals surface area contributed by atoms with Crippen LogP contribution in [-0.2, 0) is 14.3 Å². The number of rotatable bonds is 9. The number of ether oxygens (including phenoxy) is 3. The third kappa shape index (κ3) is 6.73. The maximum Gasteiger partial charge on any atom is 0.329 e. The van der Waals surface area contributed by atoms with E-state index < -0.39 is 30.4 Å². The molecular weight excluding hydrogens is 412 g/mol. The topological polar surface area (TPSA) is 103 Å². The number of hydrogen-bond acceptors (Lipinski definition) is 6. The molecule has 0 aromatic heterocycles. The first kappa shape index (κ1) is 24.7. The zero-order valence-corrected chi connectivity index (χ0v) is 19.3. The molecule has 0 saturated carbocycles. The van der Waals surface area contributed by atoms with Crippen molar-refractivity contribution in [2.75, 3.05) is 26.1 Å². The van der Waals surface area contributed by atoms with Crippen molar-refractivity contribution in [3.05, 3.63) is 53.1 Å². The maximum absolute atomic E-state index is 12.7. The van der Waals surface area contributed by atoms with Crippen LogP contribution in [-0.4, -0.2) is 44.7 Å². The summed E-state index contributed by atoms with van der Waals surface area (Å²) in [4.78, 5) is 37.6. The van der Waals surface area contributed by atoms with E-state index in [1.165, 1.54) is 26.4 Å². The summed E-state index contributed by atoms with van der Waals surface area (Å²) in [5, 5.41) is 5.39. The molecule has 8 nitrogen and oxygen atoms in total. The lowest BCUT2D eigenvalue weighted by molar-refractivity contribution is -0.150. The van der Waals surface area contributed by atoms with Gasteiger partial charge in [0.25, 0.3) is 11.8 Å². The molecule has 2 aromatic rings. The van der Waals surface area contributed by atoms with E-state index in [1.54, 1.807) is 26.0 Å². The van der Waals surface area contributed by atoms with Crippen LogP contribution < -0.4 is 20.1 Å². The molecule has 172 valence electrons. The highest BCUT2D eigenvalue weighted by atomic mass is 16.5. The van der Waals surface area contributed by atoms with Crippen molar-refractivity contribution in [2.45, 2.75) is 33.7 Å². The van der Waals surface area contributed by atoms with Crippen molar-refractivity contribution in [1.82, 2.24) is 5.32 Å². The molecule has 2 amide bonds. The lowest BCUT2D eigenvalue weighted by atomic mass is 10.0. The van der Waals surface area contributed by atoms with E-state index in [0.29, 0.717) is 17.2 Å². The monoisotopic (exact) mass is 442 g/mol. The van der Waals surface area contributed by atoms with Crippen molar-refractivity contribution in [2.24, 2.45) is 5.92 Å². The third-order valence-electron chi connectivity index (χ3n) is 4.82. The SMILES string of the molecule is COc1cc(OC)cc(C(=O)N[C@@H](C(=O)OCC(=O)Nc2ccc(C)cc2C)C(C)C)c1. The Hall–Kier alpha value is -3.55. The minimum Gasteiger partial charge on any atom is -0.497 e. The molecule has 32 heavy (non-hydrogen) atoms. The summed E-state index contributed by atoms with van der Waals surface area (Å²) in [6.45, 7) is 6.93. The van der Waals surface area contributed by atoms with Crippen molar-refractivity contribution >= 4 is 23.5 Å². The van der Waals surface area contributed by atoms with Crippen molar-refractivity contribution in [1.29, 1.82) is 0 Å². The second kappa shape index (κ2) is 11.2. The number of anilines is 1. The molecule has 0 unspecified atom stereocenters. The van der Waals surface area contributed by atoms with E-state index in [2.05, 4.69) is 10.6 Å². The quantitative estimate of drug-likeness (QED) is 0.578. The summed E-state index contributed by atoms with van der Waals surface area (Å²) >= 11 is 0. The van der Waals surface area contributed by atoms with Gasteiger partial charge in [-0.1, -0.05) is 31.5 Å². The Bertz CT molecular complexity index is 964. The molecule has 0 saturated heterocycles. The molecule has 0 aliphatic carbocycles. The van der Waals surface area contributed by atoms with Gasteiger partial charge in [0.15, 0.2) is 6.61 Å². The van der Waals surface area contributed by atoms with E-state index in [0.717, 1.165) is 11.1 Å². The second-order valence-corrected chi connectivity index (χ2v) is 7.77. The van der Waals surface area contributed by atoms with Crippen LogP contribution in [0, 0.1) is 19.8 Å². The van der Waals surface area contributed by atoms with Gasteiger partial charge in [0.1, 0.15) is 17.5 Å². The number of aryl methyl sites for hydroxylation is 2. The van der Waals surface area contributed by atoms with E-state index in [9.17, 15) is 14.4 Å². The predicted molar refractivity (Wildman–Crippen MR) is 121 cm³/mol. The van der Waals surface area contributed by atoms with E-state index in [-0.39, 0.29) is 11.5 Å². The summed E-state index contributed by atoms with van der Waals surface area (Å²) in [7, 11) is 2.96.